The number of hydrogen-bond acceptors (Lipinski definition) is 3. The van der Waals surface area contributed by atoms with Crippen molar-refractivity contribution in [2.24, 2.45) is 0 Å². The van der Waals surface area contributed by atoms with Crippen LogP contribution >= 0.6 is 15.9 Å². The van der Waals surface area contributed by atoms with Crippen LogP contribution in [0, 0.1) is 17.0 Å². The maximum Gasteiger partial charge on any atom is 0.387 e. The lowest BCUT2D eigenvalue weighted by Gasteiger charge is -2.07. The van der Waals surface area contributed by atoms with Crippen LogP contribution in [0.3, 0.4) is 0 Å². The summed E-state index contributed by atoms with van der Waals surface area (Å²) in [6.07, 6.45) is 0. The monoisotopic (exact) mass is 281 g/mol. The Kier molecular flexibility index (Phi) is 3.57. The van der Waals surface area contributed by atoms with E-state index in [1.807, 2.05) is 0 Å². The Morgan fingerprint density at radius 1 is 1.53 bits per heavy atom. The normalized spacial score (nSPS) is 10.5. The highest BCUT2D eigenvalue weighted by molar-refractivity contribution is 9.10. The van der Waals surface area contributed by atoms with Crippen molar-refractivity contribution in [3.8, 4) is 5.75 Å². The van der Waals surface area contributed by atoms with Gasteiger partial charge in [-0.05, 0) is 28.9 Å². The number of nitrogens with zero attached hydrogens (tertiary/aromatic N) is 1. The molecular weight excluding hydrogens is 276 g/mol. The molecule has 0 fully saturated rings. The zero-order chi connectivity index (χ0) is 11.6. The lowest BCUT2D eigenvalue weighted by Crippen LogP contribution is -2.03. The van der Waals surface area contributed by atoms with Crippen molar-refractivity contribution in [2.75, 3.05) is 0 Å². The Labute approximate surface area is 92.1 Å². The summed E-state index contributed by atoms with van der Waals surface area (Å²) in [4.78, 5) is 9.87. The van der Waals surface area contributed by atoms with E-state index in [9.17, 15) is 18.9 Å². The number of hydrogen-bond donors (Lipinski definition) is 0. The summed E-state index contributed by atoms with van der Waals surface area (Å²) >= 11 is 2.98. The summed E-state index contributed by atoms with van der Waals surface area (Å²) in [6.45, 7) is -1.50. The van der Waals surface area contributed by atoms with Crippen molar-refractivity contribution in [3.63, 3.8) is 0 Å². The van der Waals surface area contributed by atoms with E-state index in [-0.39, 0.29) is 15.9 Å². The minimum absolute atomic E-state index is 0.248. The molecule has 0 aliphatic carbocycles. The zero-order valence-corrected chi connectivity index (χ0v) is 9.12. The molecule has 0 radical (unpaired) electrons. The molecule has 0 amide bonds. The van der Waals surface area contributed by atoms with Gasteiger partial charge in [0.15, 0.2) is 0 Å². The molecule has 0 heterocycles. The molecule has 0 N–H and O–H groups in total. The van der Waals surface area contributed by atoms with Gasteiger partial charge in [0.2, 0.25) is 0 Å². The van der Waals surface area contributed by atoms with Crippen LogP contribution in [0.15, 0.2) is 16.6 Å². The summed E-state index contributed by atoms with van der Waals surface area (Å²) in [6, 6.07) is 2.32. The van der Waals surface area contributed by atoms with Gasteiger partial charge in [0.1, 0.15) is 5.75 Å². The quantitative estimate of drug-likeness (QED) is 0.631. The summed E-state index contributed by atoms with van der Waals surface area (Å²) < 4.78 is 28.2. The molecule has 1 rings (SSSR count). The third kappa shape index (κ3) is 2.85. The second kappa shape index (κ2) is 4.52. The van der Waals surface area contributed by atoms with Gasteiger partial charge in [-0.3, -0.25) is 10.1 Å². The van der Waals surface area contributed by atoms with Crippen LogP contribution in [0.1, 0.15) is 5.56 Å². The minimum atomic E-state index is -3.01. The molecule has 7 heteroatoms. The highest BCUT2D eigenvalue weighted by atomic mass is 79.9. The fraction of sp³-hybridized carbons (Fsp3) is 0.250. The first-order valence-corrected chi connectivity index (χ1v) is 4.60. The summed E-state index contributed by atoms with van der Waals surface area (Å²) in [5.74, 6) is -0.248. The van der Waals surface area contributed by atoms with Crippen LogP contribution < -0.4 is 4.74 Å². The molecule has 82 valence electrons. The standard InChI is InChI=1S/C8H6BrF2NO3/c1-4-2-5(9)7(15-8(10)11)3-6(4)12(13)14/h2-3,8H,1H3. The molecule has 0 spiro atoms. The van der Waals surface area contributed by atoms with Gasteiger partial charge in [0.25, 0.3) is 5.69 Å². The van der Waals surface area contributed by atoms with Crippen molar-refractivity contribution >= 4 is 21.6 Å². The van der Waals surface area contributed by atoms with Gasteiger partial charge in [-0.15, -0.1) is 0 Å². The number of nitro groups is 1. The number of rotatable bonds is 3. The van der Waals surface area contributed by atoms with Crippen LogP contribution in [-0.2, 0) is 0 Å². The number of alkyl halides is 2. The Morgan fingerprint density at radius 2 is 2.13 bits per heavy atom. The van der Waals surface area contributed by atoms with Gasteiger partial charge < -0.3 is 4.74 Å². The van der Waals surface area contributed by atoms with Crippen molar-refractivity contribution in [2.45, 2.75) is 13.5 Å². The first-order chi connectivity index (χ1) is 6.91. The zero-order valence-electron chi connectivity index (χ0n) is 7.54. The third-order valence-electron chi connectivity index (χ3n) is 1.66. The van der Waals surface area contributed by atoms with Gasteiger partial charge in [-0.25, -0.2) is 0 Å². The summed E-state index contributed by atoms with van der Waals surface area (Å²) in [7, 11) is 0. The average Bonchev–Trinajstić information content (AvgIpc) is 2.08. The Morgan fingerprint density at radius 3 is 2.60 bits per heavy atom. The van der Waals surface area contributed by atoms with Gasteiger partial charge in [0.05, 0.1) is 15.5 Å². The van der Waals surface area contributed by atoms with E-state index < -0.39 is 11.5 Å². The lowest BCUT2D eigenvalue weighted by molar-refractivity contribution is -0.385. The Hall–Kier alpha value is -1.24. The predicted molar refractivity (Wildman–Crippen MR) is 52.2 cm³/mol. The van der Waals surface area contributed by atoms with Gasteiger partial charge in [-0.2, -0.15) is 8.78 Å². The molecule has 0 saturated carbocycles. The van der Waals surface area contributed by atoms with Gasteiger partial charge in [-0.1, -0.05) is 0 Å². The van der Waals surface area contributed by atoms with E-state index in [0.717, 1.165) is 6.07 Å². The van der Waals surface area contributed by atoms with E-state index >= 15 is 0 Å². The smallest absolute Gasteiger partial charge is 0.387 e. The van der Waals surface area contributed by atoms with E-state index in [1.165, 1.54) is 13.0 Å². The van der Waals surface area contributed by atoms with Crippen molar-refractivity contribution in [3.05, 3.63) is 32.3 Å². The predicted octanol–water partition coefficient (Wildman–Crippen LogP) is 3.27. The fourth-order valence-electron chi connectivity index (χ4n) is 1.03. The topological polar surface area (TPSA) is 52.4 Å². The van der Waals surface area contributed by atoms with E-state index in [2.05, 4.69) is 20.7 Å². The summed E-state index contributed by atoms with van der Waals surface area (Å²) in [5.41, 5.74) is 0.113. The second-order valence-corrected chi connectivity index (χ2v) is 3.56. The molecule has 1 aromatic carbocycles. The number of aryl methyl sites for hydroxylation is 1. The molecule has 0 aliphatic heterocycles. The number of benzene rings is 1. The lowest BCUT2D eigenvalue weighted by atomic mass is 10.2. The van der Waals surface area contributed by atoms with Crippen molar-refractivity contribution in [1.29, 1.82) is 0 Å². The average molecular weight is 282 g/mol. The first kappa shape index (κ1) is 11.8. The van der Waals surface area contributed by atoms with Gasteiger partial charge >= 0.3 is 6.61 Å². The molecule has 0 atom stereocenters. The highest BCUT2D eigenvalue weighted by Gasteiger charge is 2.17. The molecule has 4 nitrogen and oxygen atoms in total. The molecule has 0 bridgehead atoms. The van der Waals surface area contributed by atoms with Crippen LogP contribution in [0.4, 0.5) is 14.5 Å². The van der Waals surface area contributed by atoms with Crippen LogP contribution in [0.2, 0.25) is 0 Å². The number of ether oxygens (including phenoxy) is 1. The minimum Gasteiger partial charge on any atom is -0.433 e. The molecule has 0 aliphatic rings. The second-order valence-electron chi connectivity index (χ2n) is 2.70. The molecular formula is C8H6BrF2NO3. The van der Waals surface area contributed by atoms with E-state index in [1.54, 1.807) is 0 Å². The molecule has 0 aromatic heterocycles. The van der Waals surface area contributed by atoms with Crippen LogP contribution in [-0.4, -0.2) is 11.5 Å². The molecule has 0 saturated heterocycles. The Balaban J connectivity index is 3.17. The molecule has 15 heavy (non-hydrogen) atoms. The van der Waals surface area contributed by atoms with Crippen LogP contribution in [0.25, 0.3) is 0 Å². The van der Waals surface area contributed by atoms with Crippen molar-refractivity contribution in [1.82, 2.24) is 0 Å². The van der Waals surface area contributed by atoms with E-state index in [0.29, 0.717) is 5.56 Å². The molecule has 0 unspecified atom stereocenters. The SMILES string of the molecule is Cc1cc(Br)c(OC(F)F)cc1[N+](=O)[O-]. The maximum atomic E-state index is 11.9. The van der Waals surface area contributed by atoms with E-state index in [4.69, 9.17) is 0 Å². The van der Waals surface area contributed by atoms with Crippen molar-refractivity contribution < 1.29 is 18.4 Å². The van der Waals surface area contributed by atoms with Crippen LogP contribution in [0.5, 0.6) is 5.75 Å². The largest absolute Gasteiger partial charge is 0.433 e. The van der Waals surface area contributed by atoms with Gasteiger partial charge in [0, 0.05) is 5.56 Å². The fourth-order valence-corrected chi connectivity index (χ4v) is 1.58. The third-order valence-corrected chi connectivity index (χ3v) is 2.28. The maximum absolute atomic E-state index is 11.9. The highest BCUT2D eigenvalue weighted by Crippen LogP contribution is 2.33. The Bertz CT molecular complexity index is 398. The first-order valence-electron chi connectivity index (χ1n) is 3.81. The molecule has 1 aromatic rings. The summed E-state index contributed by atoms with van der Waals surface area (Å²) in [5, 5.41) is 10.5. The number of nitro benzene ring substituents is 1. The number of halogens is 3.